The van der Waals surface area contributed by atoms with E-state index < -0.39 is 11.4 Å². The molecule has 19 heavy (non-hydrogen) atoms. The Morgan fingerprint density at radius 3 is 2.79 bits per heavy atom. The van der Waals surface area contributed by atoms with Gasteiger partial charge in [0, 0.05) is 0 Å². The molecule has 4 nitrogen and oxygen atoms in total. The molecule has 0 aliphatic carbocycles. The number of fused-ring (bicyclic) bond motifs is 3. The molecule has 0 saturated carbocycles. The predicted molar refractivity (Wildman–Crippen MR) is 75.4 cm³/mol. The third-order valence-corrected chi connectivity index (χ3v) is 4.49. The predicted octanol–water partition coefficient (Wildman–Crippen LogP) is 3.79. The minimum Gasteiger partial charge on any atom is -0.371 e. The molecule has 1 aliphatic rings. The third kappa shape index (κ3) is 1.70. The molecule has 0 saturated heterocycles. The zero-order chi connectivity index (χ0) is 13.9. The van der Waals surface area contributed by atoms with E-state index in [1.54, 1.807) is 17.6 Å². The van der Waals surface area contributed by atoms with E-state index in [-0.39, 0.29) is 4.47 Å². The zero-order valence-electron chi connectivity index (χ0n) is 10.6. The largest absolute Gasteiger partial charge is 0.371 e. The standard InChI is InChI=1S/C12H11BrClFN4/c1-5-17-18-11-12(2,3)16-7-4-6(14)8(13)9(15)10(7)19(5)11/h4,16H,1-3H3. The summed E-state index contributed by atoms with van der Waals surface area (Å²) in [6, 6.07) is 1.70. The van der Waals surface area contributed by atoms with Crippen LogP contribution in [0.4, 0.5) is 10.1 Å². The fourth-order valence-electron chi connectivity index (χ4n) is 2.33. The van der Waals surface area contributed by atoms with Crippen LogP contribution in [0.15, 0.2) is 10.5 Å². The van der Waals surface area contributed by atoms with Crippen LogP contribution in [-0.4, -0.2) is 14.8 Å². The molecule has 1 aromatic heterocycles. The maximum Gasteiger partial charge on any atom is 0.165 e. The highest BCUT2D eigenvalue weighted by molar-refractivity contribution is 9.10. The van der Waals surface area contributed by atoms with Crippen molar-refractivity contribution in [3.8, 4) is 5.69 Å². The van der Waals surface area contributed by atoms with E-state index in [9.17, 15) is 4.39 Å². The molecule has 2 aromatic rings. The van der Waals surface area contributed by atoms with Crippen molar-refractivity contribution in [2.45, 2.75) is 26.3 Å². The number of halogens is 3. The summed E-state index contributed by atoms with van der Waals surface area (Å²) in [7, 11) is 0. The normalized spacial score (nSPS) is 15.7. The van der Waals surface area contributed by atoms with Gasteiger partial charge >= 0.3 is 0 Å². The van der Waals surface area contributed by atoms with Gasteiger partial charge in [-0.25, -0.2) is 4.39 Å². The summed E-state index contributed by atoms with van der Waals surface area (Å²) in [4.78, 5) is 0. The van der Waals surface area contributed by atoms with Gasteiger partial charge in [-0.2, -0.15) is 0 Å². The molecule has 100 valence electrons. The molecule has 1 aliphatic heterocycles. The molecule has 0 atom stereocenters. The van der Waals surface area contributed by atoms with Gasteiger partial charge in [0.05, 0.1) is 20.7 Å². The van der Waals surface area contributed by atoms with Crippen LogP contribution in [0.3, 0.4) is 0 Å². The van der Waals surface area contributed by atoms with Gasteiger partial charge in [0.15, 0.2) is 11.6 Å². The lowest BCUT2D eigenvalue weighted by atomic mass is 10.00. The van der Waals surface area contributed by atoms with Crippen molar-refractivity contribution in [1.82, 2.24) is 14.8 Å². The summed E-state index contributed by atoms with van der Waals surface area (Å²) in [5, 5.41) is 11.8. The maximum atomic E-state index is 14.5. The average molecular weight is 346 g/mol. The molecule has 0 radical (unpaired) electrons. The molecule has 7 heteroatoms. The van der Waals surface area contributed by atoms with Crippen LogP contribution in [0.25, 0.3) is 5.69 Å². The van der Waals surface area contributed by atoms with Gasteiger partial charge in [-0.3, -0.25) is 4.57 Å². The topological polar surface area (TPSA) is 42.7 Å². The minimum absolute atomic E-state index is 0.244. The summed E-state index contributed by atoms with van der Waals surface area (Å²) in [5.41, 5.74) is 0.580. The fraction of sp³-hybridized carbons (Fsp3) is 0.333. The second kappa shape index (κ2) is 3.93. The van der Waals surface area contributed by atoms with Crippen molar-refractivity contribution in [2.24, 2.45) is 0 Å². The zero-order valence-corrected chi connectivity index (χ0v) is 12.9. The van der Waals surface area contributed by atoms with Crippen molar-refractivity contribution >= 4 is 33.2 Å². The lowest BCUT2D eigenvalue weighted by molar-refractivity contribution is 0.521. The summed E-state index contributed by atoms with van der Waals surface area (Å²) in [5.74, 6) is 0.888. The number of nitrogens with one attached hydrogen (secondary N) is 1. The van der Waals surface area contributed by atoms with Crippen molar-refractivity contribution in [2.75, 3.05) is 5.32 Å². The molecular weight excluding hydrogens is 335 g/mol. The minimum atomic E-state index is -0.447. The average Bonchev–Trinajstić information content (AvgIpc) is 2.69. The molecule has 3 rings (SSSR count). The second-order valence-electron chi connectivity index (χ2n) is 5.04. The number of anilines is 1. The molecule has 0 fully saturated rings. The SMILES string of the molecule is Cc1nnc2n1-c1c(cc(Cl)c(Br)c1F)NC2(C)C. The van der Waals surface area contributed by atoms with Crippen molar-refractivity contribution in [1.29, 1.82) is 0 Å². The van der Waals surface area contributed by atoms with Crippen LogP contribution in [0.5, 0.6) is 0 Å². The second-order valence-corrected chi connectivity index (χ2v) is 6.24. The van der Waals surface area contributed by atoms with Gasteiger partial charge in [-0.05, 0) is 42.8 Å². The van der Waals surface area contributed by atoms with Crippen molar-refractivity contribution in [3.63, 3.8) is 0 Å². The Morgan fingerprint density at radius 1 is 1.42 bits per heavy atom. The van der Waals surface area contributed by atoms with Crippen molar-refractivity contribution in [3.05, 3.63) is 33.0 Å². The summed E-state index contributed by atoms with van der Waals surface area (Å²) in [6.07, 6.45) is 0. The first kappa shape index (κ1) is 12.9. The molecule has 1 N–H and O–H groups in total. The van der Waals surface area contributed by atoms with E-state index in [1.807, 2.05) is 13.8 Å². The van der Waals surface area contributed by atoms with E-state index in [0.29, 0.717) is 28.0 Å². The number of aromatic nitrogens is 3. The number of hydrogen-bond acceptors (Lipinski definition) is 3. The number of rotatable bonds is 0. The van der Waals surface area contributed by atoms with Gasteiger partial charge < -0.3 is 5.32 Å². The van der Waals surface area contributed by atoms with Crippen molar-refractivity contribution < 1.29 is 4.39 Å². The van der Waals surface area contributed by atoms with Crippen LogP contribution >= 0.6 is 27.5 Å². The van der Waals surface area contributed by atoms with Crippen LogP contribution in [-0.2, 0) is 5.54 Å². The summed E-state index contributed by atoms with van der Waals surface area (Å²) < 4.78 is 16.5. The van der Waals surface area contributed by atoms with Gasteiger partial charge in [0.2, 0.25) is 0 Å². The highest BCUT2D eigenvalue weighted by atomic mass is 79.9. The fourth-order valence-corrected chi connectivity index (χ4v) is 2.82. The molecule has 0 unspecified atom stereocenters. The maximum absolute atomic E-state index is 14.5. The summed E-state index contributed by atoms with van der Waals surface area (Å²) >= 11 is 9.18. The first-order valence-corrected chi connectivity index (χ1v) is 6.88. The van der Waals surface area contributed by atoms with E-state index >= 15 is 0 Å². The van der Waals surface area contributed by atoms with E-state index in [4.69, 9.17) is 11.6 Å². The van der Waals surface area contributed by atoms with Gasteiger partial charge in [-0.1, -0.05) is 11.6 Å². The Morgan fingerprint density at radius 2 is 2.11 bits per heavy atom. The highest BCUT2D eigenvalue weighted by Gasteiger charge is 2.36. The van der Waals surface area contributed by atoms with E-state index in [0.717, 1.165) is 0 Å². The third-order valence-electron chi connectivity index (χ3n) is 3.19. The Bertz CT molecular complexity index is 696. The molecule has 1 aromatic carbocycles. The number of aryl methyl sites for hydroxylation is 1. The Hall–Kier alpha value is -1.14. The number of benzene rings is 1. The lowest BCUT2D eigenvalue weighted by Gasteiger charge is -2.34. The van der Waals surface area contributed by atoms with E-state index in [2.05, 4.69) is 31.4 Å². The highest BCUT2D eigenvalue weighted by Crippen LogP contribution is 2.42. The van der Waals surface area contributed by atoms with Crippen LogP contribution in [0.1, 0.15) is 25.5 Å². The quantitative estimate of drug-likeness (QED) is 0.739. The Kier molecular flexibility index (Phi) is 2.66. The van der Waals surface area contributed by atoms with Gasteiger partial charge in [0.1, 0.15) is 11.5 Å². The van der Waals surface area contributed by atoms with Crippen LogP contribution in [0.2, 0.25) is 5.02 Å². The molecule has 0 bridgehead atoms. The first-order chi connectivity index (χ1) is 8.83. The summed E-state index contributed by atoms with van der Waals surface area (Å²) in [6.45, 7) is 5.72. The van der Waals surface area contributed by atoms with Gasteiger partial charge in [-0.15, -0.1) is 10.2 Å². The lowest BCUT2D eigenvalue weighted by Crippen LogP contribution is -2.36. The molecule has 0 spiro atoms. The monoisotopic (exact) mass is 344 g/mol. The van der Waals surface area contributed by atoms with Gasteiger partial charge in [0.25, 0.3) is 0 Å². The smallest absolute Gasteiger partial charge is 0.165 e. The van der Waals surface area contributed by atoms with Crippen LogP contribution in [0, 0.1) is 12.7 Å². The molecular formula is C12H11BrClFN4. The number of nitrogens with zero attached hydrogens (tertiary/aromatic N) is 3. The Labute approximate surface area is 123 Å². The van der Waals surface area contributed by atoms with E-state index in [1.165, 1.54) is 0 Å². The van der Waals surface area contributed by atoms with Crippen LogP contribution < -0.4 is 5.32 Å². The first-order valence-electron chi connectivity index (χ1n) is 5.71. The molecule has 0 amide bonds. The molecule has 2 heterocycles. The Balaban J connectivity index is 2.42. The number of hydrogen-bond donors (Lipinski definition) is 1.